The summed E-state index contributed by atoms with van der Waals surface area (Å²) in [6.07, 6.45) is 4.90. The van der Waals surface area contributed by atoms with E-state index in [1.165, 1.54) is 52.6 Å². The number of carbonyl (C=O) groups is 1. The SMILES string of the molecule is CC(=O)C=C(C)O.CC(C)(C)c1c[c-]c(-c2nccc3ccccc23)cc1.CC(C)(C)c1c[c-]c(-c2nccc3ccccc23)cc1.[Ir]. The molecular formula is C43H44IrN2O2-2. The fraction of sp³-hybridized carbons (Fsp3) is 0.233. The van der Waals surface area contributed by atoms with Gasteiger partial charge in [0.15, 0.2) is 5.78 Å². The van der Waals surface area contributed by atoms with E-state index in [0.29, 0.717) is 0 Å². The number of benzene rings is 4. The molecular weight excluding hydrogens is 769 g/mol. The van der Waals surface area contributed by atoms with Gasteiger partial charge in [0, 0.05) is 38.6 Å². The third-order valence-corrected chi connectivity index (χ3v) is 7.63. The van der Waals surface area contributed by atoms with Crippen molar-refractivity contribution in [3.8, 4) is 22.5 Å². The predicted molar refractivity (Wildman–Crippen MR) is 196 cm³/mol. The molecule has 1 N–H and O–H groups in total. The van der Waals surface area contributed by atoms with Crippen molar-refractivity contribution in [3.63, 3.8) is 0 Å². The molecule has 6 aromatic rings. The van der Waals surface area contributed by atoms with Crippen LogP contribution in [0.2, 0.25) is 0 Å². The average Bonchev–Trinajstić information content (AvgIpc) is 3.03. The van der Waals surface area contributed by atoms with Gasteiger partial charge in [0.25, 0.3) is 0 Å². The van der Waals surface area contributed by atoms with Gasteiger partial charge >= 0.3 is 0 Å². The maximum atomic E-state index is 10.0. The maximum Gasteiger partial charge on any atom is 0.155 e. The topological polar surface area (TPSA) is 63.1 Å². The molecule has 0 aliphatic rings. The predicted octanol–water partition coefficient (Wildman–Crippen LogP) is 11.0. The number of aliphatic hydroxyl groups excluding tert-OH is 1. The largest absolute Gasteiger partial charge is 0.512 e. The first-order valence-corrected chi connectivity index (χ1v) is 15.8. The van der Waals surface area contributed by atoms with Crippen molar-refractivity contribution < 1.29 is 30.0 Å². The van der Waals surface area contributed by atoms with Gasteiger partial charge < -0.3 is 15.1 Å². The van der Waals surface area contributed by atoms with Crippen LogP contribution in [-0.2, 0) is 35.7 Å². The van der Waals surface area contributed by atoms with Gasteiger partial charge in [-0.1, -0.05) is 90.1 Å². The van der Waals surface area contributed by atoms with Crippen LogP contribution in [-0.4, -0.2) is 20.9 Å². The summed E-state index contributed by atoms with van der Waals surface area (Å²) in [5, 5.41) is 13.1. The molecule has 0 saturated carbocycles. The molecule has 0 unspecified atom stereocenters. The van der Waals surface area contributed by atoms with Gasteiger partial charge in [-0.05, 0) is 69.7 Å². The van der Waals surface area contributed by atoms with Crippen molar-refractivity contribution in [2.75, 3.05) is 0 Å². The van der Waals surface area contributed by atoms with Crippen molar-refractivity contribution in [1.82, 2.24) is 9.97 Å². The standard InChI is InChI=1S/2C19H18N.C5H8O2.Ir/c2*1-19(2,3)16-10-8-15(9-11-16)18-17-7-5-4-6-14(17)12-13-20-18;1-4(6)3-5(2)7;/h2*4-8,10-13H,1-3H3;3,6H,1-2H3;/q2*-1;;. The zero-order chi connectivity index (χ0) is 34.2. The minimum atomic E-state index is -0.125. The van der Waals surface area contributed by atoms with Crippen molar-refractivity contribution in [1.29, 1.82) is 0 Å². The van der Waals surface area contributed by atoms with Crippen LogP contribution in [0.15, 0.2) is 121 Å². The molecule has 0 spiro atoms. The summed E-state index contributed by atoms with van der Waals surface area (Å²) >= 11 is 0. The van der Waals surface area contributed by atoms with Crippen LogP contribution in [0.5, 0.6) is 0 Å². The van der Waals surface area contributed by atoms with E-state index in [1.807, 2.05) is 24.5 Å². The molecule has 2 aromatic heterocycles. The van der Waals surface area contributed by atoms with E-state index in [2.05, 4.69) is 149 Å². The minimum Gasteiger partial charge on any atom is -0.512 e. The molecule has 0 saturated heterocycles. The summed E-state index contributed by atoms with van der Waals surface area (Å²) in [5.41, 5.74) is 7.00. The molecule has 0 amide bonds. The Hall–Kier alpha value is -4.44. The molecule has 48 heavy (non-hydrogen) atoms. The fourth-order valence-electron chi connectivity index (χ4n) is 5.04. The molecule has 2 heterocycles. The number of hydrogen-bond donors (Lipinski definition) is 1. The van der Waals surface area contributed by atoms with E-state index < -0.39 is 0 Å². The van der Waals surface area contributed by atoms with Crippen molar-refractivity contribution in [3.05, 3.63) is 145 Å². The molecule has 249 valence electrons. The summed E-state index contributed by atoms with van der Waals surface area (Å²) in [6.45, 7) is 16.1. The van der Waals surface area contributed by atoms with Crippen molar-refractivity contribution in [2.24, 2.45) is 0 Å². The molecule has 0 aliphatic heterocycles. The zero-order valence-corrected chi connectivity index (χ0v) is 31.4. The first kappa shape index (κ1) is 38.0. The molecule has 0 bridgehead atoms. The van der Waals surface area contributed by atoms with E-state index in [4.69, 9.17) is 5.11 Å². The fourth-order valence-corrected chi connectivity index (χ4v) is 5.04. The van der Waals surface area contributed by atoms with Gasteiger partial charge in [0.05, 0.1) is 5.76 Å². The summed E-state index contributed by atoms with van der Waals surface area (Å²) < 4.78 is 0. The number of carbonyl (C=O) groups excluding carboxylic acids is 1. The molecule has 4 aromatic carbocycles. The third-order valence-electron chi connectivity index (χ3n) is 7.63. The number of fused-ring (bicyclic) bond motifs is 2. The number of rotatable bonds is 3. The van der Waals surface area contributed by atoms with E-state index >= 15 is 0 Å². The number of aliphatic hydroxyl groups is 1. The number of nitrogens with zero attached hydrogens (tertiary/aromatic N) is 2. The molecule has 0 atom stereocenters. The van der Waals surface area contributed by atoms with Gasteiger partial charge in [-0.2, -0.15) is 0 Å². The Bertz CT molecular complexity index is 1830. The van der Waals surface area contributed by atoms with Crippen LogP contribution in [0.1, 0.15) is 66.5 Å². The van der Waals surface area contributed by atoms with E-state index in [9.17, 15) is 4.79 Å². The number of hydrogen-bond acceptors (Lipinski definition) is 4. The Morgan fingerprint density at radius 3 is 1.31 bits per heavy atom. The van der Waals surface area contributed by atoms with Gasteiger partial charge in [-0.3, -0.25) is 4.79 Å². The van der Waals surface area contributed by atoms with Crippen LogP contribution in [0.3, 0.4) is 0 Å². The first-order chi connectivity index (χ1) is 22.2. The average molecular weight is 813 g/mol. The smallest absolute Gasteiger partial charge is 0.155 e. The normalized spacial score (nSPS) is 11.5. The minimum absolute atomic E-state index is 0. The quantitative estimate of drug-likeness (QED) is 0.110. The molecule has 5 heteroatoms. The number of pyridine rings is 2. The molecule has 0 fully saturated rings. The molecule has 0 aliphatic carbocycles. The Morgan fingerprint density at radius 1 is 0.625 bits per heavy atom. The third kappa shape index (κ3) is 10.3. The van der Waals surface area contributed by atoms with Crippen LogP contribution >= 0.6 is 0 Å². The van der Waals surface area contributed by atoms with Gasteiger partial charge in [-0.25, -0.2) is 0 Å². The summed E-state index contributed by atoms with van der Waals surface area (Å²) in [5.74, 6) is -0.0625. The monoisotopic (exact) mass is 813 g/mol. The second kappa shape index (κ2) is 16.6. The second-order valence-electron chi connectivity index (χ2n) is 13.6. The Kier molecular flexibility index (Phi) is 13.1. The number of ketones is 1. The van der Waals surface area contributed by atoms with Crippen LogP contribution in [0.25, 0.3) is 44.1 Å². The van der Waals surface area contributed by atoms with Crippen molar-refractivity contribution >= 4 is 27.3 Å². The Morgan fingerprint density at radius 2 is 1.02 bits per heavy atom. The second-order valence-corrected chi connectivity index (χ2v) is 13.6. The summed E-state index contributed by atoms with van der Waals surface area (Å²) in [4.78, 5) is 19.1. The van der Waals surface area contributed by atoms with Crippen molar-refractivity contribution in [2.45, 2.75) is 66.2 Å². The Labute approximate surface area is 299 Å². The Balaban J connectivity index is 0.000000215. The maximum absolute atomic E-state index is 10.0. The number of allylic oxidation sites excluding steroid dienone is 2. The summed E-state index contributed by atoms with van der Waals surface area (Å²) in [6, 6.07) is 40.3. The van der Waals surface area contributed by atoms with Gasteiger partial charge in [-0.15, -0.1) is 70.8 Å². The van der Waals surface area contributed by atoms with E-state index in [0.717, 1.165) is 22.5 Å². The number of aromatic nitrogens is 2. The zero-order valence-electron chi connectivity index (χ0n) is 29.1. The molecule has 1 radical (unpaired) electrons. The van der Waals surface area contributed by atoms with E-state index in [1.54, 1.807) is 0 Å². The molecule has 4 nitrogen and oxygen atoms in total. The van der Waals surface area contributed by atoms with Gasteiger partial charge in [0.2, 0.25) is 0 Å². The van der Waals surface area contributed by atoms with Gasteiger partial charge in [0.1, 0.15) is 0 Å². The first-order valence-electron chi connectivity index (χ1n) is 15.8. The molecule has 6 rings (SSSR count). The van der Waals surface area contributed by atoms with E-state index in [-0.39, 0.29) is 42.5 Å². The summed E-state index contributed by atoms with van der Waals surface area (Å²) in [7, 11) is 0. The van der Waals surface area contributed by atoms with Crippen LogP contribution < -0.4 is 0 Å². The van der Waals surface area contributed by atoms with Crippen LogP contribution in [0, 0.1) is 12.1 Å². The van der Waals surface area contributed by atoms with Crippen LogP contribution in [0.4, 0.5) is 0 Å².